The lowest BCUT2D eigenvalue weighted by Crippen LogP contribution is -2.08. The van der Waals surface area contributed by atoms with Crippen molar-refractivity contribution in [3.8, 4) is 0 Å². The normalized spacial score (nSPS) is 10.3. The summed E-state index contributed by atoms with van der Waals surface area (Å²) in [5.41, 5.74) is 2.09. The van der Waals surface area contributed by atoms with E-state index in [1.807, 2.05) is 18.2 Å². The Morgan fingerprint density at radius 3 is 2.67 bits per heavy atom. The van der Waals surface area contributed by atoms with Gasteiger partial charge in [-0.2, -0.15) is 0 Å². The van der Waals surface area contributed by atoms with Crippen molar-refractivity contribution >= 4 is 50.8 Å². The zero-order chi connectivity index (χ0) is 15.4. The first kappa shape index (κ1) is 16.1. The molecule has 1 N–H and O–H groups in total. The molecule has 2 aromatic rings. The van der Waals surface area contributed by atoms with Gasteiger partial charge in [0.2, 0.25) is 0 Å². The fourth-order valence-electron chi connectivity index (χ4n) is 1.80. The molecule has 21 heavy (non-hydrogen) atoms. The summed E-state index contributed by atoms with van der Waals surface area (Å²) in [5, 5.41) is 4.33. The first-order valence-corrected chi connectivity index (χ1v) is 7.62. The van der Waals surface area contributed by atoms with Crippen molar-refractivity contribution in [3.63, 3.8) is 0 Å². The van der Waals surface area contributed by atoms with E-state index in [-0.39, 0.29) is 0 Å². The number of rotatable bonds is 4. The molecule has 3 nitrogen and oxygen atoms in total. The molecule has 0 aliphatic heterocycles. The number of carbonyl (C=O) groups is 1. The van der Waals surface area contributed by atoms with Gasteiger partial charge in [0.05, 0.1) is 17.7 Å². The van der Waals surface area contributed by atoms with Crippen LogP contribution in [0.5, 0.6) is 0 Å². The Labute approximate surface area is 141 Å². The minimum atomic E-state index is -0.433. The fourth-order valence-corrected chi connectivity index (χ4v) is 2.51. The zero-order valence-electron chi connectivity index (χ0n) is 11.1. The summed E-state index contributed by atoms with van der Waals surface area (Å²) in [7, 11) is 1.34. The largest absolute Gasteiger partial charge is 0.465 e. The molecule has 6 heteroatoms. The number of carbonyl (C=O) groups excluding carboxylic acids is 1. The third-order valence-electron chi connectivity index (χ3n) is 2.85. The Morgan fingerprint density at radius 1 is 1.24 bits per heavy atom. The molecule has 0 radical (unpaired) electrons. The molecule has 0 aromatic heterocycles. The van der Waals surface area contributed by atoms with Crippen molar-refractivity contribution in [1.29, 1.82) is 0 Å². The summed E-state index contributed by atoms with van der Waals surface area (Å²) < 4.78 is 5.58. The maximum Gasteiger partial charge on any atom is 0.340 e. The standard InChI is InChI=1S/C15H12BrCl2NO2/c1-21-15(20)11-7-10(17)3-5-14(11)19-8-9-2-4-13(18)12(16)6-9/h2-7,19H,8H2,1H3. The highest BCUT2D eigenvalue weighted by Crippen LogP contribution is 2.25. The van der Waals surface area contributed by atoms with Crippen molar-refractivity contribution in [2.24, 2.45) is 0 Å². The van der Waals surface area contributed by atoms with Gasteiger partial charge in [-0.15, -0.1) is 0 Å². The Balaban J connectivity index is 2.19. The molecule has 110 valence electrons. The summed E-state index contributed by atoms with van der Waals surface area (Å²) in [5.74, 6) is -0.433. The number of methoxy groups -OCH3 is 1. The predicted molar refractivity (Wildman–Crippen MR) is 89.3 cm³/mol. The highest BCUT2D eigenvalue weighted by atomic mass is 79.9. The van der Waals surface area contributed by atoms with E-state index < -0.39 is 5.97 Å². The summed E-state index contributed by atoms with van der Waals surface area (Å²) >= 11 is 15.3. The molecule has 0 fully saturated rings. The minimum Gasteiger partial charge on any atom is -0.465 e. The van der Waals surface area contributed by atoms with Crippen LogP contribution in [-0.2, 0) is 11.3 Å². The lowest BCUT2D eigenvalue weighted by molar-refractivity contribution is 0.0602. The quantitative estimate of drug-likeness (QED) is 0.735. The van der Waals surface area contributed by atoms with Crippen molar-refractivity contribution < 1.29 is 9.53 Å². The molecular weight excluding hydrogens is 377 g/mol. The number of hydrogen-bond acceptors (Lipinski definition) is 3. The van der Waals surface area contributed by atoms with Crippen LogP contribution in [0, 0.1) is 0 Å². The van der Waals surface area contributed by atoms with E-state index in [2.05, 4.69) is 21.2 Å². The number of anilines is 1. The van der Waals surface area contributed by atoms with E-state index in [1.165, 1.54) is 7.11 Å². The molecule has 2 aromatic carbocycles. The molecule has 0 bridgehead atoms. The lowest BCUT2D eigenvalue weighted by Gasteiger charge is -2.11. The summed E-state index contributed by atoms with van der Waals surface area (Å²) in [4.78, 5) is 11.8. The van der Waals surface area contributed by atoms with Crippen LogP contribution in [0.3, 0.4) is 0 Å². The molecule has 0 saturated heterocycles. The molecule has 0 amide bonds. The number of esters is 1. The van der Waals surface area contributed by atoms with Crippen LogP contribution < -0.4 is 5.32 Å². The third kappa shape index (κ3) is 4.13. The second kappa shape index (κ2) is 7.16. The lowest BCUT2D eigenvalue weighted by atomic mass is 10.1. The van der Waals surface area contributed by atoms with Gasteiger partial charge in [-0.1, -0.05) is 29.3 Å². The van der Waals surface area contributed by atoms with Gasteiger partial charge in [0.25, 0.3) is 0 Å². The van der Waals surface area contributed by atoms with E-state index in [0.717, 1.165) is 10.0 Å². The molecule has 0 unspecified atom stereocenters. The smallest absolute Gasteiger partial charge is 0.340 e. The van der Waals surface area contributed by atoms with Crippen molar-refractivity contribution in [1.82, 2.24) is 0 Å². The average Bonchev–Trinajstić information content (AvgIpc) is 2.48. The summed E-state index contributed by atoms with van der Waals surface area (Å²) in [6, 6.07) is 10.7. The summed E-state index contributed by atoms with van der Waals surface area (Å²) in [6.45, 7) is 0.543. The van der Waals surface area contributed by atoms with E-state index in [1.54, 1.807) is 18.2 Å². The maximum absolute atomic E-state index is 11.8. The second-order valence-corrected chi connectivity index (χ2v) is 5.98. The van der Waals surface area contributed by atoms with Gasteiger partial charge in [-0.25, -0.2) is 4.79 Å². The highest BCUT2D eigenvalue weighted by Gasteiger charge is 2.12. The van der Waals surface area contributed by atoms with Crippen LogP contribution in [0.25, 0.3) is 0 Å². The molecule has 2 rings (SSSR count). The van der Waals surface area contributed by atoms with Gasteiger partial charge < -0.3 is 10.1 Å². The van der Waals surface area contributed by atoms with Gasteiger partial charge in [0.1, 0.15) is 0 Å². The van der Waals surface area contributed by atoms with Crippen molar-refractivity contribution in [3.05, 3.63) is 62.0 Å². The molecule has 0 spiro atoms. The zero-order valence-corrected chi connectivity index (χ0v) is 14.2. The van der Waals surface area contributed by atoms with E-state index in [9.17, 15) is 4.79 Å². The average molecular weight is 389 g/mol. The maximum atomic E-state index is 11.8. The Hall–Kier alpha value is -1.23. The Bertz CT molecular complexity index is 677. The van der Waals surface area contributed by atoms with Crippen LogP contribution in [0.2, 0.25) is 10.0 Å². The second-order valence-electron chi connectivity index (χ2n) is 4.28. The van der Waals surface area contributed by atoms with E-state index >= 15 is 0 Å². The number of ether oxygens (including phenoxy) is 1. The molecular formula is C15H12BrCl2NO2. The van der Waals surface area contributed by atoms with Gasteiger partial charge >= 0.3 is 5.97 Å². The SMILES string of the molecule is COC(=O)c1cc(Cl)ccc1NCc1ccc(Cl)c(Br)c1. The minimum absolute atomic E-state index is 0.401. The van der Waals surface area contributed by atoms with Crippen LogP contribution in [0.1, 0.15) is 15.9 Å². The Morgan fingerprint density at radius 2 is 2.00 bits per heavy atom. The fraction of sp³-hybridized carbons (Fsp3) is 0.133. The summed E-state index contributed by atoms with van der Waals surface area (Å²) in [6.07, 6.45) is 0. The molecule has 0 saturated carbocycles. The van der Waals surface area contributed by atoms with Crippen LogP contribution in [0.4, 0.5) is 5.69 Å². The van der Waals surface area contributed by atoms with Crippen molar-refractivity contribution in [2.75, 3.05) is 12.4 Å². The van der Waals surface area contributed by atoms with Gasteiger partial charge in [0.15, 0.2) is 0 Å². The van der Waals surface area contributed by atoms with Gasteiger partial charge in [-0.3, -0.25) is 0 Å². The number of halogens is 3. The molecule has 0 heterocycles. The van der Waals surface area contributed by atoms with Crippen LogP contribution in [-0.4, -0.2) is 13.1 Å². The molecule has 0 aliphatic carbocycles. The Kier molecular flexibility index (Phi) is 5.51. The van der Waals surface area contributed by atoms with Gasteiger partial charge in [0, 0.05) is 21.7 Å². The monoisotopic (exact) mass is 387 g/mol. The van der Waals surface area contributed by atoms with E-state index in [4.69, 9.17) is 27.9 Å². The third-order valence-corrected chi connectivity index (χ3v) is 4.30. The number of hydrogen-bond donors (Lipinski definition) is 1. The first-order valence-electron chi connectivity index (χ1n) is 6.07. The van der Waals surface area contributed by atoms with Crippen molar-refractivity contribution in [2.45, 2.75) is 6.54 Å². The molecule has 0 atom stereocenters. The topological polar surface area (TPSA) is 38.3 Å². The van der Waals surface area contributed by atoms with Crippen LogP contribution >= 0.6 is 39.1 Å². The molecule has 0 aliphatic rings. The number of nitrogens with one attached hydrogen (secondary N) is 1. The first-order chi connectivity index (χ1) is 10.0. The number of benzene rings is 2. The van der Waals surface area contributed by atoms with Crippen LogP contribution in [0.15, 0.2) is 40.9 Å². The highest BCUT2D eigenvalue weighted by molar-refractivity contribution is 9.10. The van der Waals surface area contributed by atoms with E-state index in [0.29, 0.717) is 27.8 Å². The predicted octanol–water partition coefficient (Wildman–Crippen LogP) is 5.15. The van der Waals surface area contributed by atoms with Gasteiger partial charge in [-0.05, 0) is 51.8 Å².